The minimum Gasteiger partial charge on any atom is -0.487 e. The van der Waals surface area contributed by atoms with Gasteiger partial charge in [0.15, 0.2) is 11.6 Å². The quantitative estimate of drug-likeness (QED) is 0.464. The topological polar surface area (TPSA) is 89.4 Å². The summed E-state index contributed by atoms with van der Waals surface area (Å²) in [6, 6.07) is 5.25. The van der Waals surface area contributed by atoms with Crippen molar-refractivity contribution in [2.24, 2.45) is 0 Å². The lowest BCUT2D eigenvalue weighted by Gasteiger charge is -2.14. The lowest BCUT2D eigenvalue weighted by atomic mass is 10.1. The van der Waals surface area contributed by atoms with Gasteiger partial charge in [0, 0.05) is 30.8 Å². The van der Waals surface area contributed by atoms with Gasteiger partial charge in [-0.05, 0) is 42.3 Å². The third-order valence-corrected chi connectivity index (χ3v) is 5.84. The van der Waals surface area contributed by atoms with Gasteiger partial charge < -0.3 is 15.4 Å². The van der Waals surface area contributed by atoms with Crippen LogP contribution in [0.15, 0.2) is 47.4 Å². The van der Waals surface area contributed by atoms with Crippen LogP contribution >= 0.6 is 11.6 Å². The standard InChI is InChI=1S/C24H18ClF4N3O4/c25-21-19(36-11-13-1-2-14(26)9-15(13)27)5-6-32(24(21)35)22-16(28)7-12(8-17(22)29)10-30-23(34)18-3-4-20(33)31-18/h1-2,5-9,18H,3-4,10-11H2,(H,30,34)(H,31,33)/t18-/m0/s1. The van der Waals surface area contributed by atoms with Crippen LogP contribution in [0.5, 0.6) is 5.75 Å². The molecule has 188 valence electrons. The fourth-order valence-corrected chi connectivity index (χ4v) is 3.86. The normalized spacial score (nSPS) is 15.0. The van der Waals surface area contributed by atoms with E-state index >= 15 is 0 Å². The van der Waals surface area contributed by atoms with Gasteiger partial charge in [-0.25, -0.2) is 17.6 Å². The smallest absolute Gasteiger partial charge is 0.277 e. The Morgan fingerprint density at radius 3 is 2.44 bits per heavy atom. The molecule has 0 radical (unpaired) electrons. The lowest BCUT2D eigenvalue weighted by molar-refractivity contribution is -0.125. The number of amides is 2. The van der Waals surface area contributed by atoms with E-state index in [0.717, 1.165) is 24.4 Å². The van der Waals surface area contributed by atoms with Crippen molar-refractivity contribution >= 4 is 23.4 Å². The van der Waals surface area contributed by atoms with E-state index in [4.69, 9.17) is 16.3 Å². The highest BCUT2D eigenvalue weighted by Gasteiger charge is 2.27. The highest BCUT2D eigenvalue weighted by Crippen LogP contribution is 2.25. The summed E-state index contributed by atoms with van der Waals surface area (Å²) in [4.78, 5) is 36.0. The van der Waals surface area contributed by atoms with Crippen molar-refractivity contribution in [1.29, 1.82) is 0 Å². The number of nitrogens with zero attached hydrogens (tertiary/aromatic N) is 1. The number of carbonyl (C=O) groups is 2. The summed E-state index contributed by atoms with van der Waals surface area (Å²) in [5.74, 6) is -4.70. The van der Waals surface area contributed by atoms with Gasteiger partial charge in [0.1, 0.15) is 40.7 Å². The first-order valence-corrected chi connectivity index (χ1v) is 11.0. The van der Waals surface area contributed by atoms with Crippen LogP contribution < -0.4 is 20.9 Å². The molecule has 1 aliphatic rings. The molecule has 0 aliphatic carbocycles. The van der Waals surface area contributed by atoms with Crippen LogP contribution in [0.4, 0.5) is 17.6 Å². The van der Waals surface area contributed by atoms with Crippen molar-refractivity contribution in [3.05, 3.63) is 92.4 Å². The van der Waals surface area contributed by atoms with Gasteiger partial charge in [0.05, 0.1) is 0 Å². The molecule has 0 saturated carbocycles. The molecule has 12 heteroatoms. The van der Waals surface area contributed by atoms with E-state index in [1.807, 2.05) is 0 Å². The average Bonchev–Trinajstić information content (AvgIpc) is 3.26. The van der Waals surface area contributed by atoms with Crippen LogP contribution in [-0.2, 0) is 22.7 Å². The third-order valence-electron chi connectivity index (χ3n) is 5.49. The second-order valence-electron chi connectivity index (χ2n) is 7.98. The molecule has 2 amide bonds. The van der Waals surface area contributed by atoms with Crippen LogP contribution in [-0.4, -0.2) is 22.4 Å². The molecule has 4 rings (SSSR count). The van der Waals surface area contributed by atoms with Crippen molar-refractivity contribution in [2.45, 2.75) is 32.0 Å². The van der Waals surface area contributed by atoms with Crippen molar-refractivity contribution in [3.8, 4) is 11.4 Å². The highest BCUT2D eigenvalue weighted by atomic mass is 35.5. The van der Waals surface area contributed by atoms with Gasteiger partial charge in [0.2, 0.25) is 11.8 Å². The molecule has 1 fully saturated rings. The molecule has 0 bridgehead atoms. The van der Waals surface area contributed by atoms with Gasteiger partial charge in [0.25, 0.3) is 5.56 Å². The van der Waals surface area contributed by atoms with E-state index in [2.05, 4.69) is 10.6 Å². The van der Waals surface area contributed by atoms with Gasteiger partial charge in [-0.15, -0.1) is 0 Å². The maximum absolute atomic E-state index is 14.8. The van der Waals surface area contributed by atoms with E-state index in [0.29, 0.717) is 17.1 Å². The zero-order valence-electron chi connectivity index (χ0n) is 18.4. The number of ether oxygens (including phenoxy) is 1. The SMILES string of the molecule is O=C1CC[C@@H](C(=O)NCc2cc(F)c(-n3ccc(OCc4ccc(F)cc4F)c(Cl)c3=O)c(F)c2)N1. The van der Waals surface area contributed by atoms with E-state index in [-0.39, 0.29) is 42.4 Å². The van der Waals surface area contributed by atoms with Crippen LogP contribution in [0, 0.1) is 23.3 Å². The summed E-state index contributed by atoms with van der Waals surface area (Å²) in [5.41, 5.74) is -1.60. The second-order valence-corrected chi connectivity index (χ2v) is 8.36. The number of benzene rings is 2. The zero-order chi connectivity index (χ0) is 26.0. The highest BCUT2D eigenvalue weighted by molar-refractivity contribution is 6.31. The Balaban J connectivity index is 1.50. The number of hydrogen-bond donors (Lipinski definition) is 2. The van der Waals surface area contributed by atoms with Crippen molar-refractivity contribution in [3.63, 3.8) is 0 Å². The van der Waals surface area contributed by atoms with Crippen LogP contribution in [0.25, 0.3) is 5.69 Å². The predicted molar refractivity (Wildman–Crippen MR) is 121 cm³/mol. The molecule has 7 nitrogen and oxygen atoms in total. The van der Waals surface area contributed by atoms with Crippen molar-refractivity contribution < 1.29 is 31.9 Å². The minimum atomic E-state index is -1.09. The molecule has 0 unspecified atom stereocenters. The van der Waals surface area contributed by atoms with E-state index in [9.17, 15) is 31.9 Å². The molecule has 2 N–H and O–H groups in total. The maximum Gasteiger partial charge on any atom is 0.277 e. The van der Waals surface area contributed by atoms with Gasteiger partial charge in [-0.1, -0.05) is 11.6 Å². The number of halogens is 5. The molecule has 1 atom stereocenters. The summed E-state index contributed by atoms with van der Waals surface area (Å²) in [6.07, 6.45) is 1.59. The monoisotopic (exact) mass is 523 g/mol. The largest absolute Gasteiger partial charge is 0.487 e. The zero-order valence-corrected chi connectivity index (χ0v) is 19.2. The Bertz CT molecular complexity index is 1390. The van der Waals surface area contributed by atoms with Crippen LogP contribution in [0.2, 0.25) is 5.02 Å². The molecule has 1 aromatic heterocycles. The minimum absolute atomic E-state index is 0.00623. The summed E-state index contributed by atoms with van der Waals surface area (Å²) >= 11 is 6.04. The Kier molecular flexibility index (Phi) is 7.30. The molecule has 1 saturated heterocycles. The summed E-state index contributed by atoms with van der Waals surface area (Å²) in [6.45, 7) is -0.579. The Morgan fingerprint density at radius 1 is 1.08 bits per heavy atom. The number of aromatic nitrogens is 1. The molecule has 1 aliphatic heterocycles. The number of rotatable bonds is 7. The first kappa shape index (κ1) is 25.2. The van der Waals surface area contributed by atoms with E-state index < -0.39 is 51.5 Å². The molecular formula is C24H18ClF4N3O4. The summed E-state index contributed by atoms with van der Waals surface area (Å²) in [5, 5.41) is 4.48. The van der Waals surface area contributed by atoms with Crippen LogP contribution in [0.1, 0.15) is 24.0 Å². The van der Waals surface area contributed by atoms with E-state index in [1.165, 1.54) is 12.1 Å². The van der Waals surface area contributed by atoms with Crippen molar-refractivity contribution in [1.82, 2.24) is 15.2 Å². The van der Waals surface area contributed by atoms with Gasteiger partial charge in [-0.2, -0.15) is 0 Å². The number of carbonyl (C=O) groups excluding carboxylic acids is 2. The summed E-state index contributed by atoms with van der Waals surface area (Å²) in [7, 11) is 0. The first-order chi connectivity index (χ1) is 17.1. The number of nitrogens with one attached hydrogen (secondary N) is 2. The summed E-state index contributed by atoms with van der Waals surface area (Å²) < 4.78 is 62.4. The van der Waals surface area contributed by atoms with Crippen LogP contribution in [0.3, 0.4) is 0 Å². The number of pyridine rings is 1. The Labute approximate surface area is 206 Å². The second kappa shape index (κ2) is 10.4. The fourth-order valence-electron chi connectivity index (χ4n) is 3.65. The lowest BCUT2D eigenvalue weighted by Crippen LogP contribution is -2.41. The molecule has 2 aromatic carbocycles. The predicted octanol–water partition coefficient (Wildman–Crippen LogP) is 3.52. The fraction of sp³-hybridized carbons (Fsp3) is 0.208. The Hall–Kier alpha value is -3.86. The van der Waals surface area contributed by atoms with Crippen molar-refractivity contribution in [2.75, 3.05) is 0 Å². The van der Waals surface area contributed by atoms with E-state index in [1.54, 1.807) is 0 Å². The number of hydrogen-bond acceptors (Lipinski definition) is 4. The first-order valence-electron chi connectivity index (χ1n) is 10.7. The third kappa shape index (κ3) is 5.35. The van der Waals surface area contributed by atoms with Gasteiger partial charge >= 0.3 is 0 Å². The average molecular weight is 524 g/mol. The Morgan fingerprint density at radius 2 is 1.81 bits per heavy atom. The molecule has 3 aromatic rings. The maximum atomic E-state index is 14.8. The van der Waals surface area contributed by atoms with Gasteiger partial charge in [-0.3, -0.25) is 19.0 Å². The molecular weight excluding hydrogens is 506 g/mol. The molecule has 0 spiro atoms. The molecule has 2 heterocycles. The molecule has 36 heavy (non-hydrogen) atoms.